The molecule has 1 saturated carbocycles. The molecular formula is C13H14BrF3O. The van der Waals surface area contributed by atoms with E-state index < -0.39 is 17.5 Å². The van der Waals surface area contributed by atoms with Gasteiger partial charge in [0.2, 0.25) is 0 Å². The highest BCUT2D eigenvalue weighted by atomic mass is 79.9. The minimum Gasteiger partial charge on any atom is -0.378 e. The van der Waals surface area contributed by atoms with Gasteiger partial charge in [-0.25, -0.2) is 13.2 Å². The smallest absolute Gasteiger partial charge is 0.161 e. The molecule has 1 atom stereocenters. The molecule has 1 unspecified atom stereocenters. The molecule has 0 spiro atoms. The van der Waals surface area contributed by atoms with E-state index in [2.05, 4.69) is 15.9 Å². The van der Waals surface area contributed by atoms with E-state index in [0.29, 0.717) is 12.5 Å². The Kier molecular flexibility index (Phi) is 4.02. The molecule has 0 aromatic heterocycles. The molecule has 1 aromatic carbocycles. The van der Waals surface area contributed by atoms with Crippen LogP contribution in [-0.2, 0) is 4.74 Å². The van der Waals surface area contributed by atoms with Crippen LogP contribution in [0.5, 0.6) is 0 Å². The summed E-state index contributed by atoms with van der Waals surface area (Å²) in [7, 11) is 1.63. The third kappa shape index (κ3) is 2.57. The summed E-state index contributed by atoms with van der Waals surface area (Å²) < 4.78 is 45.0. The van der Waals surface area contributed by atoms with Crippen LogP contribution in [0.1, 0.15) is 36.1 Å². The molecule has 2 rings (SSSR count). The van der Waals surface area contributed by atoms with Crippen LogP contribution in [0.4, 0.5) is 13.2 Å². The van der Waals surface area contributed by atoms with Crippen molar-refractivity contribution in [3.8, 4) is 0 Å². The van der Waals surface area contributed by atoms with Gasteiger partial charge in [0.1, 0.15) is 5.82 Å². The zero-order chi connectivity index (χ0) is 13.3. The second kappa shape index (κ2) is 5.21. The van der Waals surface area contributed by atoms with Crippen molar-refractivity contribution < 1.29 is 17.9 Å². The van der Waals surface area contributed by atoms with Crippen molar-refractivity contribution in [2.24, 2.45) is 0 Å². The van der Waals surface area contributed by atoms with E-state index in [-0.39, 0.29) is 16.0 Å². The van der Waals surface area contributed by atoms with Crippen LogP contribution >= 0.6 is 15.9 Å². The number of benzene rings is 1. The SMILES string of the molecule is COC1(CC(Br)c2cc(F)c(F)cc2F)CCC1. The summed E-state index contributed by atoms with van der Waals surface area (Å²) in [6.07, 6.45) is 3.45. The fraction of sp³-hybridized carbons (Fsp3) is 0.538. The van der Waals surface area contributed by atoms with Gasteiger partial charge < -0.3 is 4.74 Å². The van der Waals surface area contributed by atoms with Gasteiger partial charge in [-0.05, 0) is 31.7 Å². The lowest BCUT2D eigenvalue weighted by Crippen LogP contribution is -2.39. The summed E-state index contributed by atoms with van der Waals surface area (Å²) in [6.45, 7) is 0. The molecule has 0 aliphatic heterocycles. The Labute approximate surface area is 112 Å². The minimum absolute atomic E-state index is 0.136. The van der Waals surface area contributed by atoms with Crippen LogP contribution in [0.25, 0.3) is 0 Å². The van der Waals surface area contributed by atoms with E-state index in [4.69, 9.17) is 4.74 Å². The van der Waals surface area contributed by atoms with E-state index in [9.17, 15) is 13.2 Å². The fourth-order valence-corrected chi connectivity index (χ4v) is 3.22. The summed E-state index contributed by atoms with van der Waals surface area (Å²) in [5.74, 6) is -2.93. The molecule has 1 aliphatic carbocycles. The highest BCUT2D eigenvalue weighted by molar-refractivity contribution is 9.09. The Morgan fingerprint density at radius 2 is 1.83 bits per heavy atom. The van der Waals surface area contributed by atoms with Gasteiger partial charge >= 0.3 is 0 Å². The van der Waals surface area contributed by atoms with Crippen LogP contribution in [-0.4, -0.2) is 12.7 Å². The van der Waals surface area contributed by atoms with Crippen molar-refractivity contribution in [1.29, 1.82) is 0 Å². The van der Waals surface area contributed by atoms with Crippen LogP contribution in [0, 0.1) is 17.5 Å². The number of hydrogen-bond acceptors (Lipinski definition) is 1. The quantitative estimate of drug-likeness (QED) is 0.586. The highest BCUT2D eigenvalue weighted by Gasteiger charge is 2.39. The summed E-state index contributed by atoms with van der Waals surface area (Å²) in [5, 5.41) is 0. The number of hydrogen-bond donors (Lipinski definition) is 0. The normalized spacial score (nSPS) is 19.4. The Hall–Kier alpha value is -0.550. The average molecular weight is 323 g/mol. The van der Waals surface area contributed by atoms with Crippen molar-refractivity contribution >= 4 is 15.9 Å². The predicted octanol–water partition coefficient (Wildman–Crippen LogP) is 4.50. The Morgan fingerprint density at radius 1 is 1.22 bits per heavy atom. The van der Waals surface area contributed by atoms with Gasteiger partial charge in [-0.3, -0.25) is 0 Å². The van der Waals surface area contributed by atoms with Crippen molar-refractivity contribution in [1.82, 2.24) is 0 Å². The van der Waals surface area contributed by atoms with E-state index in [1.807, 2.05) is 0 Å². The number of alkyl halides is 1. The van der Waals surface area contributed by atoms with Crippen LogP contribution in [0.15, 0.2) is 12.1 Å². The number of methoxy groups -OCH3 is 1. The van der Waals surface area contributed by atoms with Gasteiger partial charge in [0, 0.05) is 23.6 Å². The predicted molar refractivity (Wildman–Crippen MR) is 66.2 cm³/mol. The Balaban J connectivity index is 2.18. The van der Waals surface area contributed by atoms with Crippen LogP contribution in [0.3, 0.4) is 0 Å². The summed E-state index contributed by atoms with van der Waals surface area (Å²) in [5.41, 5.74) is -0.122. The van der Waals surface area contributed by atoms with Gasteiger partial charge in [0.15, 0.2) is 11.6 Å². The molecule has 1 fully saturated rings. The Bertz CT molecular complexity index is 441. The highest BCUT2D eigenvalue weighted by Crippen LogP contribution is 2.45. The molecule has 0 saturated heterocycles. The van der Waals surface area contributed by atoms with Gasteiger partial charge in [0.05, 0.1) is 5.60 Å². The third-order valence-electron chi connectivity index (χ3n) is 3.63. The molecule has 0 amide bonds. The van der Waals surface area contributed by atoms with Crippen molar-refractivity contribution in [2.75, 3.05) is 7.11 Å². The molecule has 0 radical (unpaired) electrons. The summed E-state index contributed by atoms with van der Waals surface area (Å²) in [6, 6.07) is 1.49. The minimum atomic E-state index is -1.17. The molecule has 0 N–H and O–H groups in total. The van der Waals surface area contributed by atoms with Gasteiger partial charge in [0.25, 0.3) is 0 Å². The van der Waals surface area contributed by atoms with E-state index in [1.54, 1.807) is 7.11 Å². The zero-order valence-electron chi connectivity index (χ0n) is 9.98. The number of ether oxygens (including phenoxy) is 1. The topological polar surface area (TPSA) is 9.23 Å². The maximum atomic E-state index is 13.6. The molecule has 18 heavy (non-hydrogen) atoms. The van der Waals surface area contributed by atoms with Crippen LogP contribution in [0.2, 0.25) is 0 Å². The lowest BCUT2D eigenvalue weighted by molar-refractivity contribution is -0.0774. The third-order valence-corrected chi connectivity index (χ3v) is 4.44. The molecule has 5 heteroatoms. The Morgan fingerprint density at radius 3 is 2.33 bits per heavy atom. The average Bonchev–Trinajstić information content (AvgIpc) is 2.28. The van der Waals surface area contributed by atoms with Crippen molar-refractivity contribution in [2.45, 2.75) is 36.1 Å². The first-order valence-corrected chi connectivity index (χ1v) is 6.73. The monoisotopic (exact) mass is 322 g/mol. The molecule has 1 aromatic rings. The lowest BCUT2D eigenvalue weighted by atomic mass is 9.76. The maximum absolute atomic E-state index is 13.6. The van der Waals surface area contributed by atoms with Gasteiger partial charge in [-0.15, -0.1) is 0 Å². The summed E-state index contributed by atoms with van der Waals surface area (Å²) >= 11 is 3.34. The fourth-order valence-electron chi connectivity index (χ4n) is 2.28. The van der Waals surface area contributed by atoms with Gasteiger partial charge in [-0.2, -0.15) is 0 Å². The van der Waals surface area contributed by atoms with E-state index in [0.717, 1.165) is 25.3 Å². The molecule has 1 aliphatic rings. The van der Waals surface area contributed by atoms with Crippen molar-refractivity contribution in [3.05, 3.63) is 35.1 Å². The largest absolute Gasteiger partial charge is 0.378 e. The summed E-state index contributed by atoms with van der Waals surface area (Å²) in [4.78, 5) is -0.382. The zero-order valence-corrected chi connectivity index (χ0v) is 11.6. The lowest BCUT2D eigenvalue weighted by Gasteiger charge is -2.42. The molecule has 0 heterocycles. The molecular weight excluding hydrogens is 309 g/mol. The second-order valence-electron chi connectivity index (χ2n) is 4.70. The van der Waals surface area contributed by atoms with Crippen LogP contribution < -0.4 is 0 Å². The van der Waals surface area contributed by atoms with E-state index >= 15 is 0 Å². The maximum Gasteiger partial charge on any atom is 0.161 e. The first-order chi connectivity index (χ1) is 8.47. The number of halogens is 4. The second-order valence-corrected chi connectivity index (χ2v) is 5.81. The number of rotatable bonds is 4. The molecule has 100 valence electrons. The van der Waals surface area contributed by atoms with E-state index in [1.165, 1.54) is 0 Å². The first kappa shape index (κ1) is 13.9. The molecule has 0 bridgehead atoms. The molecule has 1 nitrogen and oxygen atoms in total. The standard InChI is InChI=1S/C13H14BrF3O/c1-18-13(3-2-4-13)7-9(14)8-5-11(16)12(17)6-10(8)15/h5-6,9H,2-4,7H2,1H3. The first-order valence-electron chi connectivity index (χ1n) is 5.81. The van der Waals surface area contributed by atoms with Crippen molar-refractivity contribution in [3.63, 3.8) is 0 Å². The van der Waals surface area contributed by atoms with Gasteiger partial charge in [-0.1, -0.05) is 15.9 Å².